The van der Waals surface area contributed by atoms with Crippen LogP contribution in [0.1, 0.15) is 21.5 Å². The molecule has 3 N–H and O–H groups in total. The standard InChI is InChI=1S/C20H20N2O3S/c1-14-9-10-17(26(21,24)25)13-19(14)20(23)22-12-11-16-7-4-6-15-5-2-3-8-18(15)16/h2-10,13H,11-12H2,1H3,(H,22,23)(H2,21,24,25). The van der Waals surface area contributed by atoms with Crippen LogP contribution in [0.15, 0.2) is 65.6 Å². The Hall–Kier alpha value is -2.70. The molecule has 0 fully saturated rings. The summed E-state index contributed by atoms with van der Waals surface area (Å²) in [7, 11) is -3.84. The average Bonchev–Trinajstić information content (AvgIpc) is 2.61. The Bertz CT molecular complexity index is 1070. The Labute approximate surface area is 152 Å². The molecule has 3 aromatic carbocycles. The number of fused-ring (bicyclic) bond motifs is 1. The second-order valence-electron chi connectivity index (χ2n) is 6.17. The van der Waals surface area contributed by atoms with Gasteiger partial charge in [-0.05, 0) is 47.4 Å². The summed E-state index contributed by atoms with van der Waals surface area (Å²) in [5.41, 5.74) is 2.16. The van der Waals surface area contributed by atoms with Gasteiger partial charge in [-0.1, -0.05) is 48.5 Å². The second-order valence-corrected chi connectivity index (χ2v) is 7.73. The monoisotopic (exact) mass is 368 g/mol. The zero-order valence-electron chi connectivity index (χ0n) is 14.4. The highest BCUT2D eigenvalue weighted by molar-refractivity contribution is 7.89. The molecule has 0 bridgehead atoms. The molecule has 0 aromatic heterocycles. The number of aryl methyl sites for hydroxylation is 1. The van der Waals surface area contributed by atoms with E-state index in [0.717, 1.165) is 16.3 Å². The zero-order chi connectivity index (χ0) is 18.7. The lowest BCUT2D eigenvalue weighted by Crippen LogP contribution is -2.27. The van der Waals surface area contributed by atoms with Gasteiger partial charge in [0.15, 0.2) is 0 Å². The third-order valence-electron chi connectivity index (χ3n) is 4.34. The number of benzene rings is 3. The van der Waals surface area contributed by atoms with Gasteiger partial charge in [0.05, 0.1) is 4.90 Å². The van der Waals surface area contributed by atoms with E-state index in [1.807, 2.05) is 24.3 Å². The maximum Gasteiger partial charge on any atom is 0.251 e. The molecule has 0 saturated heterocycles. The number of nitrogens with two attached hydrogens (primary N) is 1. The van der Waals surface area contributed by atoms with Gasteiger partial charge in [-0.3, -0.25) is 4.79 Å². The maximum atomic E-state index is 12.5. The van der Waals surface area contributed by atoms with Crippen LogP contribution in [0.25, 0.3) is 10.8 Å². The molecule has 0 aliphatic carbocycles. The van der Waals surface area contributed by atoms with Crippen molar-refractivity contribution in [2.45, 2.75) is 18.2 Å². The molecule has 1 amide bonds. The van der Waals surface area contributed by atoms with E-state index in [0.29, 0.717) is 24.1 Å². The highest BCUT2D eigenvalue weighted by atomic mass is 32.2. The molecule has 5 nitrogen and oxygen atoms in total. The van der Waals surface area contributed by atoms with Crippen LogP contribution in [-0.2, 0) is 16.4 Å². The molecule has 0 heterocycles. The summed E-state index contributed by atoms with van der Waals surface area (Å²) in [4.78, 5) is 12.4. The summed E-state index contributed by atoms with van der Waals surface area (Å²) in [5.74, 6) is -0.312. The Balaban J connectivity index is 1.73. The molecule has 0 aliphatic heterocycles. The van der Waals surface area contributed by atoms with Crippen LogP contribution in [0.5, 0.6) is 0 Å². The number of hydrogen-bond donors (Lipinski definition) is 2. The molecule has 6 heteroatoms. The fraction of sp³-hybridized carbons (Fsp3) is 0.150. The number of amides is 1. The van der Waals surface area contributed by atoms with Crippen LogP contribution in [0, 0.1) is 6.92 Å². The van der Waals surface area contributed by atoms with Crippen LogP contribution >= 0.6 is 0 Å². The van der Waals surface area contributed by atoms with E-state index >= 15 is 0 Å². The number of carbonyl (C=O) groups excluding carboxylic acids is 1. The second kappa shape index (κ2) is 7.27. The Morgan fingerprint density at radius 1 is 1.04 bits per heavy atom. The first-order valence-electron chi connectivity index (χ1n) is 8.24. The van der Waals surface area contributed by atoms with Crippen molar-refractivity contribution in [3.63, 3.8) is 0 Å². The van der Waals surface area contributed by atoms with Gasteiger partial charge < -0.3 is 5.32 Å². The van der Waals surface area contributed by atoms with Gasteiger partial charge in [-0.15, -0.1) is 0 Å². The van der Waals surface area contributed by atoms with Crippen LogP contribution in [-0.4, -0.2) is 20.9 Å². The molecule has 0 radical (unpaired) electrons. The first-order chi connectivity index (χ1) is 12.4. The fourth-order valence-corrected chi connectivity index (χ4v) is 3.48. The summed E-state index contributed by atoms with van der Waals surface area (Å²) in [5, 5.41) is 10.3. The van der Waals surface area contributed by atoms with Crippen LogP contribution in [0.3, 0.4) is 0 Å². The highest BCUT2D eigenvalue weighted by Crippen LogP contribution is 2.19. The minimum Gasteiger partial charge on any atom is -0.352 e. The Morgan fingerprint density at radius 2 is 1.77 bits per heavy atom. The van der Waals surface area contributed by atoms with E-state index in [1.165, 1.54) is 12.1 Å². The van der Waals surface area contributed by atoms with E-state index in [4.69, 9.17) is 5.14 Å². The summed E-state index contributed by atoms with van der Waals surface area (Å²) >= 11 is 0. The Morgan fingerprint density at radius 3 is 2.54 bits per heavy atom. The first kappa shape index (κ1) is 18.1. The van der Waals surface area contributed by atoms with Crippen molar-refractivity contribution in [3.8, 4) is 0 Å². The molecule has 0 saturated carbocycles. The summed E-state index contributed by atoms with van der Waals surface area (Å²) in [6.07, 6.45) is 0.682. The summed E-state index contributed by atoms with van der Waals surface area (Å²) in [6.45, 7) is 2.21. The predicted octanol–water partition coefficient (Wildman–Crippen LogP) is 2.77. The first-order valence-corrected chi connectivity index (χ1v) is 9.79. The van der Waals surface area contributed by atoms with Crippen LogP contribution < -0.4 is 10.5 Å². The molecular formula is C20H20N2O3S. The number of sulfonamides is 1. The molecular weight excluding hydrogens is 348 g/mol. The van der Waals surface area contributed by atoms with Crippen molar-refractivity contribution in [2.75, 3.05) is 6.54 Å². The van der Waals surface area contributed by atoms with Crippen molar-refractivity contribution < 1.29 is 13.2 Å². The molecule has 0 aliphatic rings. The molecule has 3 aromatic rings. The molecule has 0 atom stereocenters. The fourth-order valence-electron chi connectivity index (χ4n) is 2.94. The third kappa shape index (κ3) is 3.92. The van der Waals surface area contributed by atoms with Gasteiger partial charge >= 0.3 is 0 Å². The average molecular weight is 368 g/mol. The lowest BCUT2D eigenvalue weighted by molar-refractivity contribution is 0.0953. The lowest BCUT2D eigenvalue weighted by atomic mass is 10.0. The zero-order valence-corrected chi connectivity index (χ0v) is 15.2. The van der Waals surface area contributed by atoms with Crippen molar-refractivity contribution in [2.24, 2.45) is 5.14 Å². The quantitative estimate of drug-likeness (QED) is 0.726. The molecule has 0 spiro atoms. The molecule has 0 unspecified atom stereocenters. The Kier molecular flexibility index (Phi) is 5.06. The molecule has 3 rings (SSSR count). The van der Waals surface area contributed by atoms with E-state index in [1.54, 1.807) is 13.0 Å². The lowest BCUT2D eigenvalue weighted by Gasteiger charge is -2.10. The molecule has 134 valence electrons. The smallest absolute Gasteiger partial charge is 0.251 e. The van der Waals surface area contributed by atoms with Gasteiger partial charge in [-0.25, -0.2) is 13.6 Å². The van der Waals surface area contributed by atoms with Gasteiger partial charge in [0.1, 0.15) is 0 Å². The maximum absolute atomic E-state index is 12.5. The van der Waals surface area contributed by atoms with E-state index in [-0.39, 0.29) is 10.8 Å². The number of primary sulfonamides is 1. The summed E-state index contributed by atoms with van der Waals surface area (Å²) < 4.78 is 23.0. The van der Waals surface area contributed by atoms with E-state index in [2.05, 4.69) is 23.5 Å². The molecule has 26 heavy (non-hydrogen) atoms. The summed E-state index contributed by atoms with van der Waals surface area (Å²) in [6, 6.07) is 18.5. The van der Waals surface area contributed by atoms with Crippen molar-refractivity contribution in [1.29, 1.82) is 0 Å². The van der Waals surface area contributed by atoms with Gasteiger partial charge in [-0.2, -0.15) is 0 Å². The number of rotatable bonds is 5. The topological polar surface area (TPSA) is 89.3 Å². The highest BCUT2D eigenvalue weighted by Gasteiger charge is 2.14. The predicted molar refractivity (Wildman–Crippen MR) is 103 cm³/mol. The van der Waals surface area contributed by atoms with Crippen LogP contribution in [0.2, 0.25) is 0 Å². The third-order valence-corrected chi connectivity index (χ3v) is 5.25. The van der Waals surface area contributed by atoms with Crippen molar-refractivity contribution >= 4 is 26.7 Å². The van der Waals surface area contributed by atoms with Gasteiger partial charge in [0, 0.05) is 12.1 Å². The normalized spacial score (nSPS) is 11.5. The van der Waals surface area contributed by atoms with Gasteiger partial charge in [0.2, 0.25) is 10.0 Å². The number of nitrogens with one attached hydrogen (secondary N) is 1. The van der Waals surface area contributed by atoms with Gasteiger partial charge in [0.25, 0.3) is 5.91 Å². The minimum absolute atomic E-state index is 0.0673. The van der Waals surface area contributed by atoms with E-state index in [9.17, 15) is 13.2 Å². The minimum atomic E-state index is -3.84. The van der Waals surface area contributed by atoms with Crippen LogP contribution in [0.4, 0.5) is 0 Å². The SMILES string of the molecule is Cc1ccc(S(N)(=O)=O)cc1C(=O)NCCc1cccc2ccccc12. The largest absolute Gasteiger partial charge is 0.352 e. The number of hydrogen-bond acceptors (Lipinski definition) is 3. The number of carbonyl (C=O) groups is 1. The van der Waals surface area contributed by atoms with Crippen molar-refractivity contribution in [3.05, 3.63) is 77.4 Å². The van der Waals surface area contributed by atoms with E-state index < -0.39 is 10.0 Å². The van der Waals surface area contributed by atoms with Crippen molar-refractivity contribution in [1.82, 2.24) is 5.32 Å².